The van der Waals surface area contributed by atoms with Gasteiger partial charge in [0.25, 0.3) is 10.0 Å². The SMILES string of the molecule is NCCCCNS(=O)(=O)c1nc2ccccc2[nH]1. The molecule has 0 fully saturated rings. The lowest BCUT2D eigenvalue weighted by molar-refractivity contribution is 0.570. The monoisotopic (exact) mass is 268 g/mol. The number of fused-ring (bicyclic) bond motifs is 1. The summed E-state index contributed by atoms with van der Waals surface area (Å²) in [6.07, 6.45) is 1.51. The molecule has 98 valence electrons. The fourth-order valence-corrected chi connectivity index (χ4v) is 2.61. The summed E-state index contributed by atoms with van der Waals surface area (Å²) in [6, 6.07) is 7.19. The number of sulfonamides is 1. The summed E-state index contributed by atoms with van der Waals surface area (Å²) in [5, 5.41) is -0.0450. The Morgan fingerprint density at radius 1 is 1.28 bits per heavy atom. The van der Waals surface area contributed by atoms with Crippen molar-refractivity contribution in [2.75, 3.05) is 13.1 Å². The molecule has 7 heteroatoms. The van der Waals surface area contributed by atoms with E-state index >= 15 is 0 Å². The van der Waals surface area contributed by atoms with Gasteiger partial charge in [0.1, 0.15) is 0 Å². The number of hydrogen-bond donors (Lipinski definition) is 3. The van der Waals surface area contributed by atoms with Crippen LogP contribution in [0.4, 0.5) is 0 Å². The van der Waals surface area contributed by atoms with Crippen LogP contribution in [0.5, 0.6) is 0 Å². The van der Waals surface area contributed by atoms with E-state index < -0.39 is 10.0 Å². The zero-order valence-electron chi connectivity index (χ0n) is 9.89. The number of rotatable bonds is 6. The maximum Gasteiger partial charge on any atom is 0.274 e. The maximum absolute atomic E-state index is 11.9. The average Bonchev–Trinajstić information content (AvgIpc) is 2.79. The maximum atomic E-state index is 11.9. The van der Waals surface area contributed by atoms with E-state index in [4.69, 9.17) is 5.73 Å². The van der Waals surface area contributed by atoms with Gasteiger partial charge in [0.2, 0.25) is 5.16 Å². The quantitative estimate of drug-likeness (QED) is 0.667. The normalized spacial score (nSPS) is 12.1. The van der Waals surface area contributed by atoms with Crippen LogP contribution in [0.15, 0.2) is 29.4 Å². The van der Waals surface area contributed by atoms with Crippen LogP contribution in [-0.4, -0.2) is 31.5 Å². The second kappa shape index (κ2) is 5.47. The van der Waals surface area contributed by atoms with Crippen LogP contribution < -0.4 is 10.5 Å². The lowest BCUT2D eigenvalue weighted by Gasteiger charge is -2.02. The summed E-state index contributed by atoms with van der Waals surface area (Å²) >= 11 is 0. The Labute approximate surface area is 106 Å². The number of nitrogens with two attached hydrogens (primary N) is 1. The molecule has 6 nitrogen and oxygen atoms in total. The Balaban J connectivity index is 2.14. The van der Waals surface area contributed by atoms with E-state index in [9.17, 15) is 8.42 Å². The highest BCUT2D eigenvalue weighted by atomic mass is 32.2. The van der Waals surface area contributed by atoms with E-state index in [1.54, 1.807) is 12.1 Å². The first-order valence-corrected chi connectivity index (χ1v) is 7.26. The van der Waals surface area contributed by atoms with E-state index in [0.29, 0.717) is 24.1 Å². The van der Waals surface area contributed by atoms with Crippen molar-refractivity contribution in [3.63, 3.8) is 0 Å². The Morgan fingerprint density at radius 3 is 2.78 bits per heavy atom. The van der Waals surface area contributed by atoms with Gasteiger partial charge in [-0.1, -0.05) is 12.1 Å². The average molecular weight is 268 g/mol. The number of unbranched alkanes of at least 4 members (excludes halogenated alkanes) is 1. The lowest BCUT2D eigenvalue weighted by Crippen LogP contribution is -2.26. The number of nitrogens with zero attached hydrogens (tertiary/aromatic N) is 1. The minimum atomic E-state index is -3.56. The number of imidazole rings is 1. The molecule has 0 aliphatic heterocycles. The van der Waals surface area contributed by atoms with Crippen LogP contribution >= 0.6 is 0 Å². The van der Waals surface area contributed by atoms with Gasteiger partial charge in [-0.25, -0.2) is 18.1 Å². The van der Waals surface area contributed by atoms with Crippen LogP contribution in [-0.2, 0) is 10.0 Å². The first-order chi connectivity index (χ1) is 8.63. The van der Waals surface area contributed by atoms with E-state index in [1.165, 1.54) is 0 Å². The van der Waals surface area contributed by atoms with Gasteiger partial charge >= 0.3 is 0 Å². The first-order valence-electron chi connectivity index (χ1n) is 5.78. The third-order valence-corrected chi connectivity index (χ3v) is 3.83. The van der Waals surface area contributed by atoms with E-state index in [0.717, 1.165) is 12.8 Å². The Morgan fingerprint density at radius 2 is 2.06 bits per heavy atom. The van der Waals surface area contributed by atoms with E-state index in [2.05, 4.69) is 14.7 Å². The van der Waals surface area contributed by atoms with Crippen molar-refractivity contribution in [2.45, 2.75) is 18.0 Å². The molecule has 0 atom stereocenters. The summed E-state index contributed by atoms with van der Waals surface area (Å²) < 4.78 is 26.4. The summed E-state index contributed by atoms with van der Waals surface area (Å²) in [5.41, 5.74) is 6.69. The highest BCUT2D eigenvalue weighted by Crippen LogP contribution is 2.13. The predicted octanol–water partition coefficient (Wildman–Crippen LogP) is 0.580. The van der Waals surface area contributed by atoms with Crippen LogP contribution in [0.3, 0.4) is 0 Å². The molecular weight excluding hydrogens is 252 g/mol. The number of H-pyrrole nitrogens is 1. The van der Waals surface area contributed by atoms with Gasteiger partial charge in [0.15, 0.2) is 0 Å². The van der Waals surface area contributed by atoms with Crippen molar-refractivity contribution in [3.8, 4) is 0 Å². The van der Waals surface area contributed by atoms with Crippen LogP contribution in [0.1, 0.15) is 12.8 Å². The molecule has 0 aliphatic carbocycles. The minimum Gasteiger partial charge on any atom is -0.330 e. The zero-order valence-corrected chi connectivity index (χ0v) is 10.7. The van der Waals surface area contributed by atoms with Crippen LogP contribution in [0, 0.1) is 0 Å². The van der Waals surface area contributed by atoms with Gasteiger partial charge in [-0.05, 0) is 31.5 Å². The largest absolute Gasteiger partial charge is 0.330 e. The summed E-state index contributed by atoms with van der Waals surface area (Å²) in [4.78, 5) is 6.84. The topological polar surface area (TPSA) is 101 Å². The van der Waals surface area contributed by atoms with Gasteiger partial charge in [0, 0.05) is 6.54 Å². The minimum absolute atomic E-state index is 0.0450. The molecule has 4 N–H and O–H groups in total. The van der Waals surface area contributed by atoms with E-state index in [-0.39, 0.29) is 5.16 Å². The smallest absolute Gasteiger partial charge is 0.274 e. The molecule has 0 spiro atoms. The molecule has 0 bridgehead atoms. The second-order valence-corrected chi connectivity index (χ2v) is 5.63. The number of nitrogens with one attached hydrogen (secondary N) is 2. The number of hydrogen-bond acceptors (Lipinski definition) is 4. The lowest BCUT2D eigenvalue weighted by atomic mass is 10.3. The van der Waals surface area contributed by atoms with Crippen molar-refractivity contribution in [3.05, 3.63) is 24.3 Å². The molecule has 0 radical (unpaired) electrons. The van der Waals surface area contributed by atoms with E-state index in [1.807, 2.05) is 12.1 Å². The van der Waals surface area contributed by atoms with Crippen LogP contribution in [0.25, 0.3) is 11.0 Å². The standard InChI is InChI=1S/C11H16N4O2S/c12-7-3-4-8-13-18(16,17)11-14-9-5-1-2-6-10(9)15-11/h1-2,5-6,13H,3-4,7-8,12H2,(H,14,15). The molecule has 2 aromatic rings. The molecule has 1 aromatic carbocycles. The zero-order chi connectivity index (χ0) is 13.0. The second-order valence-electron chi connectivity index (χ2n) is 3.95. The van der Waals surface area contributed by atoms with Crippen LogP contribution in [0.2, 0.25) is 0 Å². The number of aromatic amines is 1. The molecule has 0 saturated heterocycles. The Hall–Kier alpha value is -1.44. The van der Waals surface area contributed by atoms with Gasteiger partial charge in [-0.15, -0.1) is 0 Å². The molecule has 0 saturated carbocycles. The summed E-state index contributed by atoms with van der Waals surface area (Å²) in [7, 11) is -3.56. The van der Waals surface area contributed by atoms with Gasteiger partial charge in [-0.3, -0.25) is 0 Å². The van der Waals surface area contributed by atoms with Crippen molar-refractivity contribution in [1.29, 1.82) is 0 Å². The third kappa shape index (κ3) is 2.87. The summed E-state index contributed by atoms with van der Waals surface area (Å²) in [5.74, 6) is 0. The Kier molecular flexibility index (Phi) is 3.95. The van der Waals surface area contributed by atoms with Crippen molar-refractivity contribution in [1.82, 2.24) is 14.7 Å². The first kappa shape index (κ1) is 13.0. The van der Waals surface area contributed by atoms with Crippen molar-refractivity contribution < 1.29 is 8.42 Å². The molecular formula is C11H16N4O2S. The predicted molar refractivity (Wildman–Crippen MR) is 69.6 cm³/mol. The fraction of sp³-hybridized carbons (Fsp3) is 0.364. The van der Waals surface area contributed by atoms with Crippen molar-refractivity contribution >= 4 is 21.1 Å². The molecule has 2 rings (SSSR count). The molecule has 1 heterocycles. The summed E-state index contributed by atoms with van der Waals surface area (Å²) in [6.45, 7) is 0.933. The molecule has 18 heavy (non-hydrogen) atoms. The van der Waals surface area contributed by atoms with Gasteiger partial charge in [-0.2, -0.15) is 0 Å². The molecule has 0 aliphatic rings. The Bertz CT molecular complexity index is 588. The number of benzene rings is 1. The van der Waals surface area contributed by atoms with Gasteiger partial charge in [0.05, 0.1) is 11.0 Å². The number of para-hydroxylation sites is 2. The van der Waals surface area contributed by atoms with Crippen molar-refractivity contribution in [2.24, 2.45) is 5.73 Å². The molecule has 1 aromatic heterocycles. The fourth-order valence-electron chi connectivity index (χ4n) is 1.60. The third-order valence-electron chi connectivity index (χ3n) is 2.55. The molecule has 0 unspecified atom stereocenters. The number of aromatic nitrogens is 2. The highest BCUT2D eigenvalue weighted by Gasteiger charge is 2.17. The molecule has 0 amide bonds. The highest BCUT2D eigenvalue weighted by molar-refractivity contribution is 7.89. The van der Waals surface area contributed by atoms with Gasteiger partial charge < -0.3 is 10.7 Å².